The molecule has 0 aliphatic carbocycles. The fourth-order valence-corrected chi connectivity index (χ4v) is 3.52. The normalized spacial score (nSPS) is 19.4. The molecule has 1 aliphatic rings. The lowest BCUT2D eigenvalue weighted by atomic mass is 10.0. The highest BCUT2D eigenvalue weighted by Crippen LogP contribution is 2.20. The van der Waals surface area contributed by atoms with Gasteiger partial charge >= 0.3 is 0 Å². The summed E-state index contributed by atoms with van der Waals surface area (Å²) in [6.07, 6.45) is 5.09. The van der Waals surface area contributed by atoms with Crippen LogP contribution in [-0.4, -0.2) is 43.2 Å². The van der Waals surface area contributed by atoms with E-state index in [4.69, 9.17) is 0 Å². The van der Waals surface area contributed by atoms with Crippen LogP contribution < -0.4 is 0 Å². The Morgan fingerprint density at radius 1 is 1.24 bits per heavy atom. The monoisotopic (exact) mass is 258 g/mol. The van der Waals surface area contributed by atoms with E-state index < -0.39 is 10.2 Å². The molecule has 17 heavy (non-hydrogen) atoms. The quantitative estimate of drug-likeness (QED) is 0.680. The fourth-order valence-electron chi connectivity index (χ4n) is 1.93. The van der Waals surface area contributed by atoms with Gasteiger partial charge in [0, 0.05) is 26.2 Å². The van der Waals surface area contributed by atoms with Crippen LogP contribution in [0.4, 0.5) is 0 Å². The van der Waals surface area contributed by atoms with Gasteiger partial charge in [0.05, 0.1) is 0 Å². The summed E-state index contributed by atoms with van der Waals surface area (Å²) in [6.45, 7) is 11.3. The van der Waals surface area contributed by atoms with Crippen LogP contribution in [0.2, 0.25) is 0 Å². The molecule has 0 spiro atoms. The van der Waals surface area contributed by atoms with E-state index in [0.717, 1.165) is 12.8 Å². The molecule has 98 valence electrons. The first-order valence-corrected chi connectivity index (χ1v) is 7.39. The third-order valence-electron chi connectivity index (χ3n) is 3.06. The lowest BCUT2D eigenvalue weighted by molar-refractivity contribution is 0.270. The minimum atomic E-state index is -3.35. The van der Waals surface area contributed by atoms with Gasteiger partial charge < -0.3 is 0 Å². The lowest BCUT2D eigenvalue weighted by Gasteiger charge is -2.33. The predicted molar refractivity (Wildman–Crippen MR) is 70.9 cm³/mol. The Labute approximate surface area is 105 Å². The second kappa shape index (κ2) is 6.33. The molecular formula is C12H22N2O2S. The standard InChI is InChI=1S/C12H22N2O2S/c1-4-8-13(9-5-2)17(15,16)14-10-6-12(3)7-11-14/h4-5,12H,1-2,6-11H2,3H3. The molecule has 0 bridgehead atoms. The summed E-state index contributed by atoms with van der Waals surface area (Å²) in [5.74, 6) is 0.619. The Morgan fingerprint density at radius 2 is 1.71 bits per heavy atom. The summed E-state index contributed by atoms with van der Waals surface area (Å²) in [7, 11) is -3.35. The molecule has 0 unspecified atom stereocenters. The molecule has 0 atom stereocenters. The summed E-state index contributed by atoms with van der Waals surface area (Å²) in [5, 5.41) is 0. The molecule has 4 nitrogen and oxygen atoms in total. The molecule has 0 aromatic carbocycles. The zero-order valence-corrected chi connectivity index (χ0v) is 11.3. The lowest BCUT2D eigenvalue weighted by Crippen LogP contribution is -2.47. The number of piperidine rings is 1. The Kier molecular flexibility index (Phi) is 5.36. The zero-order chi connectivity index (χ0) is 12.9. The molecule has 1 fully saturated rings. The van der Waals surface area contributed by atoms with Gasteiger partial charge in [-0.2, -0.15) is 17.0 Å². The molecule has 1 rings (SSSR count). The van der Waals surface area contributed by atoms with Gasteiger partial charge in [-0.3, -0.25) is 0 Å². The topological polar surface area (TPSA) is 40.6 Å². The van der Waals surface area contributed by atoms with Crippen LogP contribution >= 0.6 is 0 Å². The third-order valence-corrected chi connectivity index (χ3v) is 5.03. The molecule has 0 radical (unpaired) electrons. The highest BCUT2D eigenvalue weighted by atomic mass is 32.2. The van der Waals surface area contributed by atoms with Gasteiger partial charge in [-0.05, 0) is 18.8 Å². The first-order chi connectivity index (χ1) is 8.02. The van der Waals surface area contributed by atoms with E-state index in [1.54, 1.807) is 16.5 Å². The first-order valence-electron chi connectivity index (χ1n) is 5.99. The van der Waals surface area contributed by atoms with Crippen molar-refractivity contribution in [2.24, 2.45) is 5.92 Å². The summed E-state index contributed by atoms with van der Waals surface area (Å²) in [4.78, 5) is 0. The van der Waals surface area contributed by atoms with Crippen LogP contribution in [0.3, 0.4) is 0 Å². The summed E-state index contributed by atoms with van der Waals surface area (Å²) in [6, 6.07) is 0. The second-order valence-electron chi connectivity index (χ2n) is 4.48. The number of hydrogen-bond donors (Lipinski definition) is 0. The van der Waals surface area contributed by atoms with Crippen LogP contribution in [-0.2, 0) is 10.2 Å². The molecule has 1 saturated heterocycles. The van der Waals surface area contributed by atoms with E-state index in [1.165, 1.54) is 4.31 Å². The van der Waals surface area contributed by atoms with Crippen molar-refractivity contribution < 1.29 is 8.42 Å². The average Bonchev–Trinajstić information content (AvgIpc) is 2.29. The van der Waals surface area contributed by atoms with E-state index in [9.17, 15) is 8.42 Å². The Hall–Kier alpha value is -0.650. The maximum Gasteiger partial charge on any atom is 0.282 e. The van der Waals surface area contributed by atoms with Crippen molar-refractivity contribution in [1.29, 1.82) is 0 Å². The van der Waals surface area contributed by atoms with Gasteiger partial charge in [-0.1, -0.05) is 19.1 Å². The smallest absolute Gasteiger partial charge is 0.195 e. The van der Waals surface area contributed by atoms with Gasteiger partial charge in [-0.15, -0.1) is 13.2 Å². The largest absolute Gasteiger partial charge is 0.282 e. The Morgan fingerprint density at radius 3 is 2.12 bits per heavy atom. The predicted octanol–water partition coefficient (Wildman–Crippen LogP) is 1.64. The highest BCUT2D eigenvalue weighted by molar-refractivity contribution is 7.86. The highest BCUT2D eigenvalue weighted by Gasteiger charge is 2.30. The van der Waals surface area contributed by atoms with Crippen LogP contribution in [0.5, 0.6) is 0 Å². The molecule has 0 N–H and O–H groups in total. The summed E-state index contributed by atoms with van der Waals surface area (Å²) >= 11 is 0. The van der Waals surface area contributed by atoms with Gasteiger partial charge in [0.1, 0.15) is 0 Å². The van der Waals surface area contributed by atoms with Crippen LogP contribution in [0.25, 0.3) is 0 Å². The molecule has 0 saturated carbocycles. The minimum Gasteiger partial charge on any atom is -0.195 e. The number of hydrogen-bond acceptors (Lipinski definition) is 2. The zero-order valence-electron chi connectivity index (χ0n) is 10.5. The van der Waals surface area contributed by atoms with Crippen molar-refractivity contribution in [2.45, 2.75) is 19.8 Å². The first kappa shape index (κ1) is 14.4. The van der Waals surface area contributed by atoms with E-state index >= 15 is 0 Å². The third kappa shape index (κ3) is 3.66. The summed E-state index contributed by atoms with van der Waals surface area (Å²) in [5.41, 5.74) is 0. The maximum atomic E-state index is 12.3. The molecule has 0 amide bonds. The van der Waals surface area contributed by atoms with Crippen LogP contribution in [0, 0.1) is 5.92 Å². The van der Waals surface area contributed by atoms with Crippen molar-refractivity contribution >= 4 is 10.2 Å². The van der Waals surface area contributed by atoms with Crippen molar-refractivity contribution in [3.8, 4) is 0 Å². The average molecular weight is 258 g/mol. The van der Waals surface area contributed by atoms with Crippen molar-refractivity contribution in [1.82, 2.24) is 8.61 Å². The Balaban J connectivity index is 2.76. The maximum absolute atomic E-state index is 12.3. The molecular weight excluding hydrogens is 236 g/mol. The van der Waals surface area contributed by atoms with Gasteiger partial charge in [0.2, 0.25) is 0 Å². The second-order valence-corrected chi connectivity index (χ2v) is 6.41. The Bertz CT molecular complexity index is 347. The number of rotatable bonds is 6. The minimum absolute atomic E-state index is 0.334. The molecule has 1 heterocycles. The van der Waals surface area contributed by atoms with Gasteiger partial charge in [-0.25, -0.2) is 0 Å². The van der Waals surface area contributed by atoms with Crippen LogP contribution in [0.1, 0.15) is 19.8 Å². The van der Waals surface area contributed by atoms with E-state index in [2.05, 4.69) is 20.1 Å². The van der Waals surface area contributed by atoms with Crippen molar-refractivity contribution in [3.63, 3.8) is 0 Å². The molecule has 0 aromatic heterocycles. The molecule has 1 aliphatic heterocycles. The number of nitrogens with zero attached hydrogens (tertiary/aromatic N) is 2. The molecule has 5 heteroatoms. The van der Waals surface area contributed by atoms with Crippen molar-refractivity contribution in [2.75, 3.05) is 26.2 Å². The molecule has 0 aromatic rings. The summed E-state index contributed by atoms with van der Waals surface area (Å²) < 4.78 is 27.6. The fraction of sp³-hybridized carbons (Fsp3) is 0.667. The van der Waals surface area contributed by atoms with E-state index in [-0.39, 0.29) is 0 Å². The van der Waals surface area contributed by atoms with Gasteiger partial charge in [0.25, 0.3) is 10.2 Å². The SMILES string of the molecule is C=CCN(CC=C)S(=O)(=O)N1CCC(C)CC1. The van der Waals surface area contributed by atoms with E-state index in [0.29, 0.717) is 32.1 Å². The van der Waals surface area contributed by atoms with Gasteiger partial charge in [0.15, 0.2) is 0 Å². The van der Waals surface area contributed by atoms with E-state index in [1.807, 2.05) is 0 Å². The van der Waals surface area contributed by atoms with Crippen LogP contribution in [0.15, 0.2) is 25.3 Å². The van der Waals surface area contributed by atoms with Crippen molar-refractivity contribution in [3.05, 3.63) is 25.3 Å².